The monoisotopic (exact) mass is 316 g/mol. The molecule has 3 N–H and O–H groups in total. The lowest BCUT2D eigenvalue weighted by atomic mass is 10.0. The first-order valence-corrected chi connectivity index (χ1v) is 6.67. The fourth-order valence-corrected chi connectivity index (χ4v) is 1.51. The summed E-state index contributed by atoms with van der Waals surface area (Å²) < 4.78 is 54.6. The van der Waals surface area contributed by atoms with E-state index in [0.29, 0.717) is 11.3 Å². The van der Waals surface area contributed by atoms with Gasteiger partial charge in [0.25, 0.3) is 0 Å². The van der Waals surface area contributed by atoms with Crippen molar-refractivity contribution in [3.05, 3.63) is 59.8 Å². The first kappa shape index (κ1) is 17.2. The molecular weight excluding hydrogens is 305 g/mol. The molecule has 1 atom stereocenters. The summed E-state index contributed by atoms with van der Waals surface area (Å²) >= 11 is -2.36. The lowest BCUT2D eigenvalue weighted by Crippen LogP contribution is -2.03. The Hall–Kier alpha value is -1.90. The van der Waals surface area contributed by atoms with Crippen molar-refractivity contribution in [2.45, 2.75) is 6.18 Å². The summed E-state index contributed by atoms with van der Waals surface area (Å²) in [7, 11) is 0. The van der Waals surface area contributed by atoms with E-state index in [0.717, 1.165) is 17.7 Å². The topological polar surface area (TPSA) is 90.0 Å². The van der Waals surface area contributed by atoms with E-state index >= 15 is 0 Å². The zero-order valence-corrected chi connectivity index (χ0v) is 11.4. The van der Waals surface area contributed by atoms with Crippen molar-refractivity contribution < 1.29 is 21.9 Å². The van der Waals surface area contributed by atoms with Crippen LogP contribution in [-0.4, -0.2) is 8.76 Å². The van der Waals surface area contributed by atoms with Crippen molar-refractivity contribution in [1.82, 2.24) is 0 Å². The minimum absolute atomic E-state index is 0.376. The Morgan fingerprint density at radius 1 is 0.952 bits per heavy atom. The summed E-state index contributed by atoms with van der Waals surface area (Å²) in [6.07, 6.45) is -4.30. The molecule has 2 aromatic rings. The van der Waals surface area contributed by atoms with Crippen LogP contribution in [0, 0.1) is 0 Å². The Morgan fingerprint density at radius 3 is 1.62 bits per heavy atom. The zero-order chi connectivity index (χ0) is 16.0. The largest absolute Gasteiger partial charge is 0.760 e. The highest BCUT2D eigenvalue weighted by molar-refractivity contribution is 7.76. The number of halogens is 3. The molecule has 4 nitrogen and oxygen atoms in total. The molecule has 0 aliphatic rings. The molecule has 2 aromatic carbocycles. The second kappa shape index (κ2) is 7.21. The van der Waals surface area contributed by atoms with Gasteiger partial charge in [-0.1, -0.05) is 36.4 Å². The summed E-state index contributed by atoms with van der Waals surface area (Å²) in [5.41, 5.74) is 8.55. The Balaban J connectivity index is 0.000000491. The Morgan fingerprint density at radius 2 is 1.29 bits per heavy atom. The quantitative estimate of drug-likeness (QED) is 0.811. The highest BCUT2D eigenvalue weighted by atomic mass is 32.2. The number of alkyl halides is 3. The summed E-state index contributed by atoms with van der Waals surface area (Å²) in [5.74, 6) is 0. The fraction of sp³-hybridized carbons (Fsp3) is 0.0769. The summed E-state index contributed by atoms with van der Waals surface area (Å²) in [4.78, 5) is 0. The van der Waals surface area contributed by atoms with E-state index in [2.05, 4.69) is 5.14 Å². The lowest BCUT2D eigenvalue weighted by molar-refractivity contribution is -0.137. The van der Waals surface area contributed by atoms with Gasteiger partial charge < -0.3 is 10.3 Å². The van der Waals surface area contributed by atoms with Crippen molar-refractivity contribution in [2.75, 3.05) is 0 Å². The Kier molecular flexibility index (Phi) is 5.89. The molecule has 0 aliphatic carbocycles. The van der Waals surface area contributed by atoms with E-state index in [1.807, 2.05) is 0 Å². The van der Waals surface area contributed by atoms with Crippen LogP contribution in [0.2, 0.25) is 0 Å². The van der Waals surface area contributed by atoms with E-state index in [1.165, 1.54) is 12.1 Å². The lowest BCUT2D eigenvalue weighted by Gasteiger charge is -2.08. The van der Waals surface area contributed by atoms with Gasteiger partial charge in [-0.15, -0.1) is 5.69 Å². The molecule has 1 unspecified atom stereocenters. The average molecular weight is 316 g/mol. The van der Waals surface area contributed by atoms with Crippen molar-refractivity contribution in [2.24, 2.45) is 5.14 Å². The Bertz CT molecular complexity index is 594. The maximum absolute atomic E-state index is 12.4. The molecule has 8 heteroatoms. The molecule has 0 amide bonds. The van der Waals surface area contributed by atoms with Gasteiger partial charge >= 0.3 is 6.18 Å². The molecule has 0 spiro atoms. The molecule has 0 saturated carbocycles. The van der Waals surface area contributed by atoms with Crippen LogP contribution in [0.15, 0.2) is 48.5 Å². The highest BCUT2D eigenvalue weighted by Crippen LogP contribution is 2.31. The zero-order valence-electron chi connectivity index (χ0n) is 10.6. The Labute approximate surface area is 122 Å². The van der Waals surface area contributed by atoms with Crippen molar-refractivity contribution in [3.63, 3.8) is 0 Å². The molecular formula is C13H11F3N2O2S-2. The highest BCUT2D eigenvalue weighted by Gasteiger charge is 2.29. The third-order valence-corrected chi connectivity index (χ3v) is 2.43. The number of benzene rings is 2. The van der Waals surface area contributed by atoms with E-state index < -0.39 is 23.0 Å². The first-order chi connectivity index (χ1) is 9.70. The van der Waals surface area contributed by atoms with E-state index in [4.69, 9.17) is 14.5 Å². The molecule has 0 saturated heterocycles. The third kappa shape index (κ3) is 5.94. The van der Waals surface area contributed by atoms with Crippen LogP contribution in [0.4, 0.5) is 18.9 Å². The van der Waals surface area contributed by atoms with Gasteiger partial charge in [-0.25, -0.2) is 0 Å². The van der Waals surface area contributed by atoms with Crippen molar-refractivity contribution >= 4 is 17.0 Å². The van der Waals surface area contributed by atoms with Crippen LogP contribution >= 0.6 is 0 Å². The van der Waals surface area contributed by atoms with Crippen LogP contribution in [-0.2, 0) is 17.4 Å². The number of nitrogens with one attached hydrogen (secondary N) is 1. The summed E-state index contributed by atoms with van der Waals surface area (Å²) in [6.45, 7) is 0. The molecule has 0 aliphatic heterocycles. The van der Waals surface area contributed by atoms with Gasteiger partial charge in [-0.3, -0.25) is 9.35 Å². The minimum Gasteiger partial charge on any atom is -0.760 e. The van der Waals surface area contributed by atoms with E-state index in [9.17, 15) is 13.2 Å². The van der Waals surface area contributed by atoms with Crippen LogP contribution in [0.25, 0.3) is 16.9 Å². The molecule has 0 fully saturated rings. The predicted molar refractivity (Wildman–Crippen MR) is 74.0 cm³/mol. The second-order valence-corrected chi connectivity index (χ2v) is 4.43. The third-order valence-electron chi connectivity index (χ3n) is 2.43. The molecule has 0 bridgehead atoms. The SMILES string of the molecule is NS(=O)[O-].[NH-]c1ccc(-c2ccc(C(F)(F)F)cc2)cc1. The number of rotatable bonds is 1. The van der Waals surface area contributed by atoms with Gasteiger partial charge in [0.05, 0.1) is 5.56 Å². The van der Waals surface area contributed by atoms with Crippen LogP contribution in [0.5, 0.6) is 0 Å². The molecule has 0 aromatic heterocycles. The summed E-state index contributed by atoms with van der Waals surface area (Å²) in [5, 5.41) is 4.03. The normalized spacial score (nSPS) is 12.2. The van der Waals surface area contributed by atoms with E-state index in [-0.39, 0.29) is 0 Å². The van der Waals surface area contributed by atoms with Gasteiger partial charge in [-0.05, 0) is 23.3 Å². The maximum Gasteiger partial charge on any atom is 0.416 e. The smallest absolute Gasteiger partial charge is 0.416 e. The van der Waals surface area contributed by atoms with Gasteiger partial charge in [-0.2, -0.15) is 13.2 Å². The van der Waals surface area contributed by atoms with Gasteiger partial charge in [0.15, 0.2) is 0 Å². The molecule has 0 heterocycles. The van der Waals surface area contributed by atoms with Gasteiger partial charge in [0.2, 0.25) is 0 Å². The molecule has 2 rings (SSSR count). The maximum atomic E-state index is 12.4. The van der Waals surface area contributed by atoms with Crippen molar-refractivity contribution in [1.29, 1.82) is 0 Å². The van der Waals surface area contributed by atoms with Crippen LogP contribution in [0.1, 0.15) is 5.56 Å². The number of hydrogen-bond donors (Lipinski definition) is 1. The first-order valence-electron chi connectivity index (χ1n) is 5.53. The minimum atomic E-state index is -4.30. The van der Waals surface area contributed by atoms with Gasteiger partial charge in [0.1, 0.15) is 0 Å². The fourth-order valence-electron chi connectivity index (χ4n) is 1.51. The molecule has 114 valence electrons. The number of nitrogens with two attached hydrogens (primary N) is 1. The molecule has 0 radical (unpaired) electrons. The van der Waals surface area contributed by atoms with Crippen LogP contribution in [0.3, 0.4) is 0 Å². The second-order valence-electron chi connectivity index (χ2n) is 3.91. The molecule has 21 heavy (non-hydrogen) atoms. The van der Waals surface area contributed by atoms with Crippen LogP contribution < -0.4 is 5.14 Å². The average Bonchev–Trinajstić information content (AvgIpc) is 2.38. The standard InChI is InChI=1S/C13H9F3N.H3NO2S/c14-13(15,16)11-5-1-9(2-6-11)10-3-7-12(17)8-4-10;1-4(2)3/h1-8,17H;1H2,(H,2,3)/q-1;/p-1. The van der Waals surface area contributed by atoms with E-state index in [1.54, 1.807) is 24.3 Å². The number of hydrogen-bond acceptors (Lipinski definition) is 2. The predicted octanol–water partition coefficient (Wildman–Crippen LogP) is 3.80. The van der Waals surface area contributed by atoms with Gasteiger partial charge in [0, 0.05) is 11.3 Å². The summed E-state index contributed by atoms with van der Waals surface area (Å²) in [6, 6.07) is 11.6. The van der Waals surface area contributed by atoms with Crippen molar-refractivity contribution in [3.8, 4) is 11.1 Å².